The summed E-state index contributed by atoms with van der Waals surface area (Å²) in [4.78, 5) is 41.3. The van der Waals surface area contributed by atoms with Gasteiger partial charge < -0.3 is 32.6 Å². The highest BCUT2D eigenvalue weighted by atomic mass is 16.5. The lowest BCUT2D eigenvalue weighted by molar-refractivity contribution is -0.148. The number of aliphatic imine (C=N–C) groups is 1. The summed E-state index contributed by atoms with van der Waals surface area (Å²) in [6.07, 6.45) is 1.18. The van der Waals surface area contributed by atoms with Gasteiger partial charge in [0, 0.05) is 6.54 Å². The largest absolute Gasteiger partial charge is 0.464 e. The number of hydrogen-bond acceptors (Lipinski definition) is 6. The van der Waals surface area contributed by atoms with E-state index in [4.69, 9.17) is 21.9 Å². The molecule has 0 saturated carbocycles. The van der Waals surface area contributed by atoms with E-state index in [2.05, 4.69) is 15.6 Å². The van der Waals surface area contributed by atoms with E-state index in [0.717, 1.165) is 0 Å². The molecule has 10 nitrogen and oxygen atoms in total. The predicted molar refractivity (Wildman–Crippen MR) is 113 cm³/mol. The van der Waals surface area contributed by atoms with Crippen LogP contribution in [-0.4, -0.2) is 55.0 Å². The molecule has 29 heavy (non-hydrogen) atoms. The highest BCUT2D eigenvalue weighted by molar-refractivity contribution is 5.92. The minimum Gasteiger partial charge on any atom is -0.464 e. The van der Waals surface area contributed by atoms with Crippen molar-refractivity contribution in [1.29, 1.82) is 0 Å². The maximum Gasteiger partial charge on any atom is 0.328 e. The number of carbonyl (C=O) groups excluding carboxylic acids is 3. The number of nitrogens with two attached hydrogens (primary N) is 3. The molecule has 10 heteroatoms. The summed E-state index contributed by atoms with van der Waals surface area (Å²) >= 11 is 0. The topological polar surface area (TPSA) is 175 Å². The second-order valence-electron chi connectivity index (χ2n) is 7.72. The first-order valence-corrected chi connectivity index (χ1v) is 10.1. The number of guanidine groups is 1. The molecule has 8 N–H and O–H groups in total. The number of carbonyl (C=O) groups is 3. The third-order valence-corrected chi connectivity index (χ3v) is 4.19. The van der Waals surface area contributed by atoms with Gasteiger partial charge in [0.2, 0.25) is 11.8 Å². The maximum absolute atomic E-state index is 12.8. The number of hydrogen-bond donors (Lipinski definition) is 5. The molecule has 2 amide bonds. The average molecular weight is 415 g/mol. The molecule has 0 aliphatic carbocycles. The van der Waals surface area contributed by atoms with Crippen LogP contribution in [0.2, 0.25) is 0 Å². The van der Waals surface area contributed by atoms with E-state index >= 15 is 0 Å². The van der Waals surface area contributed by atoms with E-state index in [0.29, 0.717) is 25.8 Å². The Morgan fingerprint density at radius 3 is 2.07 bits per heavy atom. The molecule has 0 rings (SSSR count). The van der Waals surface area contributed by atoms with E-state index in [1.54, 1.807) is 6.92 Å². The van der Waals surface area contributed by atoms with Gasteiger partial charge in [-0.15, -0.1) is 0 Å². The van der Waals surface area contributed by atoms with Gasteiger partial charge in [-0.1, -0.05) is 27.7 Å². The molecule has 0 aromatic carbocycles. The number of esters is 1. The van der Waals surface area contributed by atoms with Gasteiger partial charge in [0.15, 0.2) is 5.96 Å². The van der Waals surface area contributed by atoms with Gasteiger partial charge in [-0.25, -0.2) is 4.79 Å². The Hall–Kier alpha value is -2.36. The monoisotopic (exact) mass is 414 g/mol. The van der Waals surface area contributed by atoms with Crippen molar-refractivity contribution in [3.63, 3.8) is 0 Å². The second-order valence-corrected chi connectivity index (χ2v) is 7.72. The van der Waals surface area contributed by atoms with Crippen LogP contribution in [0.3, 0.4) is 0 Å². The molecule has 0 heterocycles. The fourth-order valence-corrected chi connectivity index (χ4v) is 2.54. The van der Waals surface area contributed by atoms with Crippen LogP contribution in [0.25, 0.3) is 0 Å². The molecule has 3 atom stereocenters. The van der Waals surface area contributed by atoms with Crippen molar-refractivity contribution in [3.05, 3.63) is 0 Å². The van der Waals surface area contributed by atoms with Crippen LogP contribution < -0.4 is 27.8 Å². The molecule has 0 fully saturated rings. The summed E-state index contributed by atoms with van der Waals surface area (Å²) in [7, 11) is 0. The second kappa shape index (κ2) is 13.8. The summed E-state index contributed by atoms with van der Waals surface area (Å²) in [5.41, 5.74) is 16.5. The van der Waals surface area contributed by atoms with E-state index in [-0.39, 0.29) is 24.4 Å². The molecule has 0 saturated heterocycles. The number of rotatable bonds is 13. The van der Waals surface area contributed by atoms with Gasteiger partial charge >= 0.3 is 5.97 Å². The van der Waals surface area contributed by atoms with Crippen LogP contribution in [-0.2, 0) is 19.1 Å². The van der Waals surface area contributed by atoms with Crippen LogP contribution in [0.1, 0.15) is 53.9 Å². The first kappa shape index (κ1) is 26.6. The summed E-state index contributed by atoms with van der Waals surface area (Å²) in [5, 5.41) is 5.39. The molecule has 0 aromatic rings. The Bertz CT molecular complexity index is 561. The smallest absolute Gasteiger partial charge is 0.328 e. The fourth-order valence-electron chi connectivity index (χ4n) is 2.54. The summed E-state index contributed by atoms with van der Waals surface area (Å²) < 4.78 is 5.05. The van der Waals surface area contributed by atoms with E-state index in [1.165, 1.54) is 0 Å². The lowest BCUT2D eigenvalue weighted by Gasteiger charge is -2.25. The zero-order valence-corrected chi connectivity index (χ0v) is 18.2. The highest BCUT2D eigenvalue weighted by Gasteiger charge is 2.29. The van der Waals surface area contributed by atoms with Gasteiger partial charge in [0.1, 0.15) is 12.1 Å². The Labute approximate surface area is 173 Å². The van der Waals surface area contributed by atoms with Crippen molar-refractivity contribution in [2.24, 2.45) is 34.0 Å². The lowest BCUT2D eigenvalue weighted by Crippen LogP contribution is -2.55. The van der Waals surface area contributed by atoms with Gasteiger partial charge in [0.25, 0.3) is 0 Å². The summed E-state index contributed by atoms with van der Waals surface area (Å²) in [6.45, 7) is 9.73. The third kappa shape index (κ3) is 11.3. The van der Waals surface area contributed by atoms with Crippen LogP contribution in [0, 0.1) is 11.8 Å². The predicted octanol–water partition coefficient (Wildman–Crippen LogP) is -0.398. The lowest BCUT2D eigenvalue weighted by atomic mass is 10.00. The minimum atomic E-state index is -0.859. The van der Waals surface area contributed by atoms with Gasteiger partial charge in [-0.3, -0.25) is 14.6 Å². The quantitative estimate of drug-likeness (QED) is 0.118. The third-order valence-electron chi connectivity index (χ3n) is 4.19. The molecule has 0 aliphatic heterocycles. The molecule has 0 radical (unpaired) electrons. The first-order valence-electron chi connectivity index (χ1n) is 10.1. The molecule has 0 aliphatic rings. The van der Waals surface area contributed by atoms with Gasteiger partial charge in [-0.2, -0.15) is 0 Å². The Morgan fingerprint density at radius 2 is 1.59 bits per heavy atom. The van der Waals surface area contributed by atoms with Crippen molar-refractivity contribution < 1.29 is 19.1 Å². The van der Waals surface area contributed by atoms with E-state index < -0.39 is 35.9 Å². The molecular weight excluding hydrogens is 376 g/mol. The zero-order chi connectivity index (χ0) is 22.6. The van der Waals surface area contributed by atoms with Crippen LogP contribution in [0.15, 0.2) is 4.99 Å². The van der Waals surface area contributed by atoms with Crippen molar-refractivity contribution in [3.8, 4) is 0 Å². The van der Waals surface area contributed by atoms with Crippen molar-refractivity contribution in [2.45, 2.75) is 72.0 Å². The van der Waals surface area contributed by atoms with Gasteiger partial charge in [0.05, 0.1) is 12.6 Å². The van der Waals surface area contributed by atoms with Gasteiger partial charge in [-0.05, 0) is 38.0 Å². The molecule has 168 valence electrons. The SMILES string of the molecule is CCOC(=O)[C@H](CCCN=C(N)N)NC(=O)[C@H](CC(C)C)NC(=O)[C@H](N)C(C)C. The fraction of sp³-hybridized carbons (Fsp3) is 0.789. The maximum atomic E-state index is 12.8. The number of amides is 2. The minimum absolute atomic E-state index is 0.0390. The Balaban J connectivity index is 5.19. The van der Waals surface area contributed by atoms with E-state index in [1.807, 2.05) is 27.7 Å². The molecule has 0 unspecified atom stereocenters. The Morgan fingerprint density at radius 1 is 1.00 bits per heavy atom. The van der Waals surface area contributed by atoms with Crippen molar-refractivity contribution in [1.82, 2.24) is 10.6 Å². The zero-order valence-electron chi connectivity index (χ0n) is 18.2. The van der Waals surface area contributed by atoms with Crippen molar-refractivity contribution in [2.75, 3.05) is 13.2 Å². The normalized spacial score (nSPS) is 14.1. The Kier molecular flexibility index (Phi) is 12.6. The van der Waals surface area contributed by atoms with Crippen LogP contribution in [0.4, 0.5) is 0 Å². The molecular formula is C19H38N6O4. The summed E-state index contributed by atoms with van der Waals surface area (Å²) in [6, 6.07) is -2.39. The molecule has 0 spiro atoms. The van der Waals surface area contributed by atoms with Crippen LogP contribution in [0.5, 0.6) is 0 Å². The van der Waals surface area contributed by atoms with Crippen LogP contribution >= 0.6 is 0 Å². The number of nitrogens with zero attached hydrogens (tertiary/aromatic N) is 1. The first-order chi connectivity index (χ1) is 13.5. The highest BCUT2D eigenvalue weighted by Crippen LogP contribution is 2.09. The molecule has 0 aromatic heterocycles. The average Bonchev–Trinajstić information content (AvgIpc) is 2.62. The molecule has 0 bridgehead atoms. The number of ether oxygens (including phenoxy) is 1. The number of nitrogens with one attached hydrogen (secondary N) is 2. The standard InChI is InChI=1S/C19H38N6O4/c1-6-29-18(28)13(8-7-9-23-19(21)22)24-16(26)14(10-11(2)3)25-17(27)15(20)12(4)5/h11-15H,6-10,20H2,1-5H3,(H,24,26)(H,25,27)(H4,21,22,23)/t13-,14-,15+/m0/s1. The van der Waals surface area contributed by atoms with Crippen molar-refractivity contribution >= 4 is 23.7 Å². The van der Waals surface area contributed by atoms with E-state index in [9.17, 15) is 14.4 Å². The summed E-state index contributed by atoms with van der Waals surface area (Å²) in [5.74, 6) is -1.36.